The second-order valence-electron chi connectivity index (χ2n) is 6.70. The smallest absolute Gasteiger partial charge is 0.269 e. The third kappa shape index (κ3) is 6.09. The van der Waals surface area contributed by atoms with Crippen molar-refractivity contribution in [2.24, 2.45) is 0 Å². The molecule has 1 N–H and O–H groups in total. The molecule has 3 rings (SSSR count). The number of hydrogen-bond acceptors (Lipinski definition) is 6. The molecule has 0 saturated carbocycles. The first-order chi connectivity index (χ1) is 15.9. The third-order valence-electron chi connectivity index (χ3n) is 4.52. The number of nitrogens with one attached hydrogen (secondary N) is 1. The second-order valence-corrected chi connectivity index (χ2v) is 7.11. The second kappa shape index (κ2) is 10.8. The van der Waals surface area contributed by atoms with E-state index < -0.39 is 4.92 Å². The monoisotopic (exact) mass is 463 g/mol. The zero-order chi connectivity index (χ0) is 23.8. The van der Waals surface area contributed by atoms with E-state index in [9.17, 15) is 20.2 Å². The zero-order valence-corrected chi connectivity index (χ0v) is 18.2. The summed E-state index contributed by atoms with van der Waals surface area (Å²) in [6.07, 6.45) is 1.60. The van der Waals surface area contributed by atoms with E-state index in [4.69, 9.17) is 21.1 Å². The van der Waals surface area contributed by atoms with Gasteiger partial charge in [-0.25, -0.2) is 0 Å². The van der Waals surface area contributed by atoms with Crippen LogP contribution in [0.5, 0.6) is 11.5 Å². The van der Waals surface area contributed by atoms with Gasteiger partial charge in [0.05, 0.1) is 34.4 Å². The minimum absolute atomic E-state index is 0.0599. The summed E-state index contributed by atoms with van der Waals surface area (Å²) in [7, 11) is 1.51. The Bertz CT molecular complexity index is 1250. The standard InChI is InChI=1S/C24H18ClN3O5/c1-32-23-5-3-2-4-21(23)27-24(29)15-33-22-11-6-16(13-20(22)25)12-18(14-26)17-7-9-19(10-8-17)28(30)31/h2-13H,15H2,1H3,(H,27,29). The van der Waals surface area contributed by atoms with E-state index in [0.29, 0.717) is 33.9 Å². The number of halogens is 1. The van der Waals surface area contributed by atoms with Crippen LogP contribution in [0.1, 0.15) is 11.1 Å². The van der Waals surface area contributed by atoms with Crippen LogP contribution in [0.3, 0.4) is 0 Å². The summed E-state index contributed by atoms with van der Waals surface area (Å²) >= 11 is 6.29. The molecule has 0 fully saturated rings. The Balaban J connectivity index is 1.68. The predicted octanol–water partition coefficient (Wildman–Crippen LogP) is 5.34. The number of anilines is 1. The summed E-state index contributed by atoms with van der Waals surface area (Å²) in [4.78, 5) is 22.5. The van der Waals surface area contributed by atoms with E-state index in [-0.39, 0.29) is 23.2 Å². The molecule has 0 aliphatic heterocycles. The quantitative estimate of drug-likeness (QED) is 0.209. The molecule has 0 heterocycles. The summed E-state index contributed by atoms with van der Waals surface area (Å²) < 4.78 is 10.7. The lowest BCUT2D eigenvalue weighted by atomic mass is 10.0. The first-order valence-corrected chi connectivity index (χ1v) is 10.0. The minimum Gasteiger partial charge on any atom is -0.495 e. The van der Waals surface area contributed by atoms with Crippen LogP contribution in [0, 0.1) is 21.4 Å². The topological polar surface area (TPSA) is 114 Å². The molecule has 9 heteroatoms. The number of allylic oxidation sites excluding steroid dienone is 1. The largest absolute Gasteiger partial charge is 0.495 e. The van der Waals surface area contributed by atoms with Crippen molar-refractivity contribution in [1.29, 1.82) is 5.26 Å². The summed E-state index contributed by atoms with van der Waals surface area (Å²) in [5.74, 6) is 0.448. The number of nitriles is 1. The molecule has 0 saturated heterocycles. The third-order valence-corrected chi connectivity index (χ3v) is 4.81. The summed E-state index contributed by atoms with van der Waals surface area (Å²) in [6, 6.07) is 19.6. The summed E-state index contributed by atoms with van der Waals surface area (Å²) in [6.45, 7) is -0.265. The van der Waals surface area contributed by atoms with E-state index in [1.54, 1.807) is 48.5 Å². The molecule has 0 aromatic heterocycles. The van der Waals surface area contributed by atoms with Gasteiger partial charge in [-0.1, -0.05) is 29.8 Å². The van der Waals surface area contributed by atoms with Crippen molar-refractivity contribution in [1.82, 2.24) is 0 Å². The molecule has 0 aliphatic carbocycles. The van der Waals surface area contributed by atoms with Crippen LogP contribution < -0.4 is 14.8 Å². The van der Waals surface area contributed by atoms with Crippen LogP contribution >= 0.6 is 11.6 Å². The molecule has 0 radical (unpaired) electrons. The van der Waals surface area contributed by atoms with E-state index in [2.05, 4.69) is 11.4 Å². The van der Waals surface area contributed by atoms with Crippen molar-refractivity contribution in [3.63, 3.8) is 0 Å². The van der Waals surface area contributed by atoms with Crippen molar-refractivity contribution in [3.8, 4) is 17.6 Å². The molecular weight excluding hydrogens is 446 g/mol. The van der Waals surface area contributed by atoms with Gasteiger partial charge in [-0.3, -0.25) is 14.9 Å². The molecule has 0 bridgehead atoms. The fourth-order valence-corrected chi connectivity index (χ4v) is 3.15. The number of ether oxygens (including phenoxy) is 2. The van der Waals surface area contributed by atoms with Crippen molar-refractivity contribution < 1.29 is 19.2 Å². The molecular formula is C24H18ClN3O5. The van der Waals surface area contributed by atoms with Crippen LogP contribution in [0.4, 0.5) is 11.4 Å². The van der Waals surface area contributed by atoms with Crippen LogP contribution in [0.25, 0.3) is 11.6 Å². The van der Waals surface area contributed by atoms with Crippen molar-refractivity contribution >= 4 is 40.5 Å². The number of non-ortho nitro benzene ring substituents is 1. The predicted molar refractivity (Wildman–Crippen MR) is 125 cm³/mol. The maximum atomic E-state index is 12.2. The molecule has 0 unspecified atom stereocenters. The van der Waals surface area contributed by atoms with Crippen molar-refractivity contribution in [3.05, 3.63) is 93.0 Å². The Morgan fingerprint density at radius 3 is 2.52 bits per heavy atom. The number of nitro groups is 1. The number of rotatable bonds is 8. The Morgan fingerprint density at radius 2 is 1.88 bits per heavy atom. The first kappa shape index (κ1) is 23.3. The Kier molecular flexibility index (Phi) is 7.63. The highest BCUT2D eigenvalue weighted by Crippen LogP contribution is 2.28. The van der Waals surface area contributed by atoms with Gasteiger partial charge < -0.3 is 14.8 Å². The number of hydrogen-bond donors (Lipinski definition) is 1. The molecule has 3 aromatic rings. The number of nitro benzene ring substituents is 1. The highest BCUT2D eigenvalue weighted by molar-refractivity contribution is 6.32. The Morgan fingerprint density at radius 1 is 1.15 bits per heavy atom. The van der Waals surface area contributed by atoms with Crippen LogP contribution in [-0.2, 0) is 4.79 Å². The molecule has 1 amide bonds. The molecule has 0 spiro atoms. The Labute approximate surface area is 194 Å². The number of para-hydroxylation sites is 2. The molecule has 3 aromatic carbocycles. The molecule has 0 aliphatic rings. The maximum Gasteiger partial charge on any atom is 0.269 e. The van der Waals surface area contributed by atoms with E-state index >= 15 is 0 Å². The highest BCUT2D eigenvalue weighted by atomic mass is 35.5. The maximum absolute atomic E-state index is 12.2. The van der Waals surface area contributed by atoms with Crippen LogP contribution in [0.2, 0.25) is 5.02 Å². The molecule has 166 valence electrons. The van der Waals surface area contributed by atoms with Gasteiger partial charge in [0.15, 0.2) is 6.61 Å². The number of benzene rings is 3. The van der Waals surface area contributed by atoms with E-state index in [1.807, 2.05) is 0 Å². The average molecular weight is 464 g/mol. The fourth-order valence-electron chi connectivity index (χ4n) is 2.91. The average Bonchev–Trinajstić information content (AvgIpc) is 2.82. The highest BCUT2D eigenvalue weighted by Gasteiger charge is 2.11. The van der Waals surface area contributed by atoms with Crippen LogP contribution in [0.15, 0.2) is 66.7 Å². The van der Waals surface area contributed by atoms with Gasteiger partial charge in [-0.15, -0.1) is 0 Å². The van der Waals surface area contributed by atoms with Gasteiger partial charge in [0.2, 0.25) is 0 Å². The normalized spacial score (nSPS) is 10.8. The SMILES string of the molecule is COc1ccccc1NC(=O)COc1ccc(C=C(C#N)c2ccc([N+](=O)[O-])cc2)cc1Cl. The van der Waals surface area contributed by atoms with Gasteiger partial charge in [-0.2, -0.15) is 5.26 Å². The van der Waals surface area contributed by atoms with Gasteiger partial charge in [-0.05, 0) is 53.6 Å². The van der Waals surface area contributed by atoms with Gasteiger partial charge in [0.25, 0.3) is 11.6 Å². The molecule has 33 heavy (non-hydrogen) atoms. The minimum atomic E-state index is -0.505. The lowest BCUT2D eigenvalue weighted by Crippen LogP contribution is -2.20. The number of amides is 1. The lowest BCUT2D eigenvalue weighted by Gasteiger charge is -2.11. The number of carbonyl (C=O) groups excluding carboxylic acids is 1. The van der Waals surface area contributed by atoms with Crippen LogP contribution in [-0.4, -0.2) is 24.5 Å². The van der Waals surface area contributed by atoms with Gasteiger partial charge >= 0.3 is 0 Å². The van der Waals surface area contributed by atoms with Crippen molar-refractivity contribution in [2.45, 2.75) is 0 Å². The summed E-state index contributed by atoms with van der Waals surface area (Å²) in [5.41, 5.74) is 1.94. The van der Waals surface area contributed by atoms with Gasteiger partial charge in [0.1, 0.15) is 11.5 Å². The first-order valence-electron chi connectivity index (χ1n) is 9.63. The molecule has 8 nitrogen and oxygen atoms in total. The van der Waals surface area contributed by atoms with E-state index in [0.717, 1.165) is 0 Å². The lowest BCUT2D eigenvalue weighted by molar-refractivity contribution is -0.384. The fraction of sp³-hybridized carbons (Fsp3) is 0.0833. The zero-order valence-electron chi connectivity index (χ0n) is 17.4. The number of methoxy groups -OCH3 is 1. The Hall–Kier alpha value is -4.35. The van der Waals surface area contributed by atoms with Crippen molar-refractivity contribution in [2.75, 3.05) is 19.0 Å². The van der Waals surface area contributed by atoms with Gasteiger partial charge in [0, 0.05) is 12.1 Å². The number of carbonyl (C=O) groups is 1. The summed E-state index contributed by atoms with van der Waals surface area (Å²) in [5, 5.41) is 23.2. The number of nitrogens with zero attached hydrogens (tertiary/aromatic N) is 2. The van der Waals surface area contributed by atoms with E-state index in [1.165, 1.54) is 31.4 Å². The molecule has 0 atom stereocenters.